The van der Waals surface area contributed by atoms with E-state index in [2.05, 4.69) is 0 Å². The fourth-order valence-corrected chi connectivity index (χ4v) is 3.37. The Balaban J connectivity index is 1.80. The topological polar surface area (TPSA) is 92.4 Å². The Morgan fingerprint density at radius 1 is 1.25 bits per heavy atom. The molecule has 3 aromatic rings. The normalized spacial score (nSPS) is 25.0. The number of phenolic OH excluding ortho intramolecular Hbond substituents is 2. The van der Waals surface area contributed by atoms with Gasteiger partial charge in [0.2, 0.25) is 5.43 Å². The van der Waals surface area contributed by atoms with Crippen molar-refractivity contribution in [2.24, 2.45) is 0 Å². The molecule has 0 bridgehead atoms. The Kier molecular flexibility index (Phi) is 2.40. The van der Waals surface area contributed by atoms with Gasteiger partial charge in [0, 0.05) is 24.1 Å². The van der Waals surface area contributed by atoms with Crippen molar-refractivity contribution in [3.8, 4) is 17.2 Å². The highest BCUT2D eigenvalue weighted by Gasteiger charge is 2.51. The first-order valence-corrected chi connectivity index (χ1v) is 7.71. The monoisotopic (exact) mass is 326 g/mol. The third-order valence-corrected chi connectivity index (χ3v) is 4.91. The number of ether oxygens (including phenoxy) is 2. The number of rotatable bonds is 1. The Morgan fingerprint density at radius 2 is 2.04 bits per heavy atom. The summed E-state index contributed by atoms with van der Waals surface area (Å²) < 4.78 is 17.3. The van der Waals surface area contributed by atoms with E-state index < -0.39 is 0 Å². The van der Waals surface area contributed by atoms with E-state index in [0.717, 1.165) is 11.6 Å². The van der Waals surface area contributed by atoms with E-state index in [1.165, 1.54) is 6.07 Å². The molecule has 6 nitrogen and oxygen atoms in total. The Bertz CT molecular complexity index is 1080. The van der Waals surface area contributed by atoms with Crippen LogP contribution in [-0.2, 0) is 11.2 Å². The maximum Gasteiger partial charge on any atom is 0.204 e. The molecule has 0 amide bonds. The molecule has 1 fully saturated rings. The van der Waals surface area contributed by atoms with E-state index in [-0.39, 0.29) is 39.6 Å². The first-order chi connectivity index (χ1) is 11.5. The lowest BCUT2D eigenvalue weighted by atomic mass is 9.99. The van der Waals surface area contributed by atoms with Crippen molar-refractivity contribution in [2.45, 2.75) is 25.0 Å². The van der Waals surface area contributed by atoms with Crippen molar-refractivity contribution in [2.75, 3.05) is 6.61 Å². The maximum absolute atomic E-state index is 12.7. The highest BCUT2D eigenvalue weighted by Crippen LogP contribution is 2.43. The number of aromatic hydroxyl groups is 2. The molecule has 2 aliphatic rings. The van der Waals surface area contributed by atoms with Crippen molar-refractivity contribution in [3.63, 3.8) is 0 Å². The maximum atomic E-state index is 12.7. The van der Waals surface area contributed by atoms with Crippen LogP contribution in [0, 0.1) is 0 Å². The standard InChI is InChI=1S/C18H14O6/c1-18(7-22-18)14-6-10-12(23-14)3-2-9-16(21)15-11(20)4-8(19)5-13(15)24-17(9)10/h2-5,14,19-20H,6-7H2,1H3/t14-,18?/m1/s1. The van der Waals surface area contributed by atoms with Crippen molar-refractivity contribution >= 4 is 21.9 Å². The molecule has 2 atom stereocenters. The minimum Gasteiger partial charge on any atom is -0.508 e. The Hall–Kier alpha value is -2.73. The van der Waals surface area contributed by atoms with Crippen LogP contribution in [0.2, 0.25) is 0 Å². The summed E-state index contributed by atoms with van der Waals surface area (Å²) in [6.45, 7) is 2.64. The molecule has 0 aliphatic carbocycles. The van der Waals surface area contributed by atoms with Crippen LogP contribution in [0.3, 0.4) is 0 Å². The van der Waals surface area contributed by atoms with Gasteiger partial charge in [0.15, 0.2) is 0 Å². The molecule has 24 heavy (non-hydrogen) atoms. The van der Waals surface area contributed by atoms with Gasteiger partial charge in [-0.1, -0.05) is 0 Å². The first-order valence-electron chi connectivity index (χ1n) is 7.71. The summed E-state index contributed by atoms with van der Waals surface area (Å²) in [5.41, 5.74) is 0.774. The molecule has 2 aromatic carbocycles. The fraction of sp³-hybridized carbons (Fsp3) is 0.278. The minimum absolute atomic E-state index is 0.0632. The smallest absolute Gasteiger partial charge is 0.204 e. The Labute approximate surface area is 135 Å². The molecule has 5 rings (SSSR count). The first kappa shape index (κ1) is 13.7. The Morgan fingerprint density at radius 3 is 2.79 bits per heavy atom. The van der Waals surface area contributed by atoms with Gasteiger partial charge in [0.1, 0.15) is 45.5 Å². The lowest BCUT2D eigenvalue weighted by molar-refractivity contribution is 0.127. The predicted molar refractivity (Wildman–Crippen MR) is 85.8 cm³/mol. The van der Waals surface area contributed by atoms with E-state index in [1.54, 1.807) is 12.1 Å². The van der Waals surface area contributed by atoms with Crippen LogP contribution < -0.4 is 10.2 Å². The molecule has 0 saturated carbocycles. The molecule has 6 heteroatoms. The molecule has 1 aromatic heterocycles. The molecule has 2 aliphatic heterocycles. The third-order valence-electron chi connectivity index (χ3n) is 4.91. The van der Waals surface area contributed by atoms with Crippen LogP contribution in [0.5, 0.6) is 17.2 Å². The van der Waals surface area contributed by atoms with Crippen molar-refractivity contribution in [1.29, 1.82) is 0 Å². The van der Waals surface area contributed by atoms with Gasteiger partial charge in [-0.2, -0.15) is 0 Å². The number of fused-ring (bicyclic) bond motifs is 4. The van der Waals surface area contributed by atoms with Gasteiger partial charge in [-0.25, -0.2) is 0 Å². The predicted octanol–water partition coefficient (Wildman–Crippen LogP) is 2.45. The number of benzene rings is 2. The molecular formula is C18H14O6. The van der Waals surface area contributed by atoms with Crippen LogP contribution in [0.1, 0.15) is 12.5 Å². The zero-order valence-electron chi connectivity index (χ0n) is 12.8. The fourth-order valence-electron chi connectivity index (χ4n) is 3.37. The van der Waals surface area contributed by atoms with Crippen molar-refractivity contribution < 1.29 is 24.1 Å². The molecule has 3 heterocycles. The van der Waals surface area contributed by atoms with Crippen molar-refractivity contribution in [3.05, 3.63) is 40.1 Å². The van der Waals surface area contributed by atoms with E-state index in [4.69, 9.17) is 13.9 Å². The van der Waals surface area contributed by atoms with Crippen LogP contribution in [-0.4, -0.2) is 28.5 Å². The van der Waals surface area contributed by atoms with E-state index in [0.29, 0.717) is 29.7 Å². The molecule has 1 unspecified atom stereocenters. The summed E-state index contributed by atoms with van der Waals surface area (Å²) >= 11 is 0. The van der Waals surface area contributed by atoms with Crippen LogP contribution in [0.4, 0.5) is 0 Å². The minimum atomic E-state index is -0.330. The summed E-state index contributed by atoms with van der Waals surface area (Å²) in [4.78, 5) is 12.7. The largest absolute Gasteiger partial charge is 0.508 e. The van der Waals surface area contributed by atoms with E-state index in [9.17, 15) is 15.0 Å². The van der Waals surface area contributed by atoms with Gasteiger partial charge >= 0.3 is 0 Å². The van der Waals surface area contributed by atoms with Crippen LogP contribution in [0.15, 0.2) is 33.5 Å². The zero-order valence-corrected chi connectivity index (χ0v) is 12.8. The van der Waals surface area contributed by atoms with Crippen LogP contribution >= 0.6 is 0 Å². The molecule has 0 radical (unpaired) electrons. The number of epoxide rings is 1. The summed E-state index contributed by atoms with van der Waals surface area (Å²) in [5, 5.41) is 20.1. The van der Waals surface area contributed by atoms with Crippen molar-refractivity contribution in [1.82, 2.24) is 0 Å². The second-order valence-corrected chi connectivity index (χ2v) is 6.60. The van der Waals surface area contributed by atoms with Gasteiger partial charge in [-0.3, -0.25) is 4.79 Å². The molecular weight excluding hydrogens is 312 g/mol. The highest BCUT2D eigenvalue weighted by molar-refractivity contribution is 5.95. The average Bonchev–Trinajstić information content (AvgIpc) is 3.11. The molecule has 0 spiro atoms. The summed E-state index contributed by atoms with van der Waals surface area (Å²) in [7, 11) is 0. The number of phenols is 2. The molecule has 122 valence electrons. The quantitative estimate of drug-likeness (QED) is 0.527. The van der Waals surface area contributed by atoms with Gasteiger partial charge in [-0.15, -0.1) is 0 Å². The van der Waals surface area contributed by atoms with Gasteiger partial charge in [0.05, 0.1) is 12.0 Å². The van der Waals surface area contributed by atoms with Gasteiger partial charge < -0.3 is 24.1 Å². The lowest BCUT2D eigenvalue weighted by Crippen LogP contribution is -2.30. The average molecular weight is 326 g/mol. The highest BCUT2D eigenvalue weighted by atomic mass is 16.6. The summed E-state index contributed by atoms with van der Waals surface area (Å²) in [6.07, 6.45) is 0.472. The SMILES string of the molecule is CC1([C@H]2Cc3c(ccc4c(=O)c5c(O)cc(O)cc5oc34)O2)CO1. The zero-order chi connectivity index (χ0) is 16.6. The number of hydrogen-bond acceptors (Lipinski definition) is 6. The van der Waals surface area contributed by atoms with Gasteiger partial charge in [-0.05, 0) is 19.1 Å². The third kappa shape index (κ3) is 1.71. The van der Waals surface area contributed by atoms with E-state index in [1.807, 2.05) is 6.92 Å². The molecule has 2 N–H and O–H groups in total. The van der Waals surface area contributed by atoms with Crippen LogP contribution in [0.25, 0.3) is 21.9 Å². The summed E-state index contributed by atoms with van der Waals surface area (Å²) in [5.74, 6) is 0.216. The lowest BCUT2D eigenvalue weighted by Gasteiger charge is -2.13. The number of hydrogen-bond donors (Lipinski definition) is 2. The molecule has 1 saturated heterocycles. The van der Waals surface area contributed by atoms with Gasteiger partial charge in [0.25, 0.3) is 0 Å². The summed E-state index contributed by atoms with van der Waals surface area (Å²) in [6, 6.07) is 5.85. The van der Waals surface area contributed by atoms with E-state index >= 15 is 0 Å². The second kappa shape index (κ2) is 4.21. The second-order valence-electron chi connectivity index (χ2n) is 6.60.